The molecule has 19 heavy (non-hydrogen) atoms. The lowest BCUT2D eigenvalue weighted by atomic mass is 10.0. The number of carbonyl (C=O) groups is 1. The van der Waals surface area contributed by atoms with Gasteiger partial charge in [0.25, 0.3) is 11.6 Å². The average Bonchev–Trinajstić information content (AvgIpc) is 2.37. The predicted octanol–water partition coefficient (Wildman–Crippen LogP) is 0.376. The normalized spacial score (nSPS) is 11.2. The van der Waals surface area contributed by atoms with Crippen LogP contribution >= 0.6 is 0 Å². The number of nitro benzene ring substituents is 1. The van der Waals surface area contributed by atoms with Crippen LogP contribution in [0.3, 0.4) is 0 Å². The van der Waals surface area contributed by atoms with Gasteiger partial charge in [-0.3, -0.25) is 14.9 Å². The zero-order valence-corrected chi connectivity index (χ0v) is 10.7. The second-order valence-corrected chi connectivity index (χ2v) is 4.59. The quantitative estimate of drug-likeness (QED) is 0.527. The van der Waals surface area contributed by atoms with Crippen LogP contribution in [-0.2, 0) is 0 Å². The van der Waals surface area contributed by atoms with E-state index < -0.39 is 29.6 Å². The molecular formula is C12H16N2O5. The molecule has 0 aliphatic rings. The fraction of sp³-hybridized carbons (Fsp3) is 0.417. The van der Waals surface area contributed by atoms with E-state index in [0.29, 0.717) is 5.56 Å². The van der Waals surface area contributed by atoms with Crippen molar-refractivity contribution in [2.45, 2.75) is 19.4 Å². The van der Waals surface area contributed by atoms with Crippen molar-refractivity contribution < 1.29 is 19.9 Å². The fourth-order valence-electron chi connectivity index (χ4n) is 1.48. The van der Waals surface area contributed by atoms with Crippen molar-refractivity contribution in [2.75, 3.05) is 13.2 Å². The van der Waals surface area contributed by atoms with Crippen molar-refractivity contribution in [1.29, 1.82) is 0 Å². The van der Waals surface area contributed by atoms with Crippen molar-refractivity contribution in [3.8, 4) is 0 Å². The van der Waals surface area contributed by atoms with E-state index in [0.717, 1.165) is 0 Å². The number of aryl methyl sites for hydroxylation is 1. The Labute approximate surface area is 110 Å². The first-order chi connectivity index (χ1) is 8.83. The van der Waals surface area contributed by atoms with Crippen LogP contribution in [0, 0.1) is 17.0 Å². The van der Waals surface area contributed by atoms with E-state index in [2.05, 4.69) is 5.32 Å². The van der Waals surface area contributed by atoms with Crippen LogP contribution < -0.4 is 5.32 Å². The molecular weight excluding hydrogens is 252 g/mol. The standard InChI is InChI=1S/C12H16N2O5/c1-8-5-9(3-4-10(8)14(18)19)11(17)13-12(2,6-15)7-16/h3-5,15-16H,6-7H2,1-2H3,(H,13,17). The van der Waals surface area contributed by atoms with E-state index in [1.54, 1.807) is 0 Å². The van der Waals surface area contributed by atoms with Gasteiger partial charge in [0.2, 0.25) is 0 Å². The van der Waals surface area contributed by atoms with Gasteiger partial charge in [0.1, 0.15) is 0 Å². The number of carbonyl (C=O) groups excluding carboxylic acids is 1. The molecule has 0 radical (unpaired) electrons. The average molecular weight is 268 g/mol. The molecule has 0 atom stereocenters. The lowest BCUT2D eigenvalue weighted by Crippen LogP contribution is -2.51. The number of nitrogens with one attached hydrogen (secondary N) is 1. The molecule has 7 heteroatoms. The number of aliphatic hydroxyl groups is 2. The van der Waals surface area contributed by atoms with Gasteiger partial charge in [-0.25, -0.2) is 0 Å². The molecule has 0 unspecified atom stereocenters. The monoisotopic (exact) mass is 268 g/mol. The summed E-state index contributed by atoms with van der Waals surface area (Å²) < 4.78 is 0. The number of nitro groups is 1. The highest BCUT2D eigenvalue weighted by Gasteiger charge is 2.25. The molecule has 104 valence electrons. The van der Waals surface area contributed by atoms with Gasteiger partial charge in [-0.05, 0) is 26.0 Å². The molecule has 0 aromatic heterocycles. The molecule has 0 fully saturated rings. The Kier molecular flexibility index (Phi) is 4.57. The molecule has 1 aromatic carbocycles. The maximum atomic E-state index is 11.9. The lowest BCUT2D eigenvalue weighted by molar-refractivity contribution is -0.385. The first-order valence-corrected chi connectivity index (χ1v) is 5.62. The van der Waals surface area contributed by atoms with Gasteiger partial charge in [-0.15, -0.1) is 0 Å². The van der Waals surface area contributed by atoms with Gasteiger partial charge < -0.3 is 15.5 Å². The molecule has 0 bridgehead atoms. The summed E-state index contributed by atoms with van der Waals surface area (Å²) in [5.74, 6) is -0.511. The topological polar surface area (TPSA) is 113 Å². The van der Waals surface area contributed by atoms with E-state index >= 15 is 0 Å². The Hall–Kier alpha value is -1.99. The molecule has 0 saturated heterocycles. The molecule has 1 amide bonds. The predicted molar refractivity (Wildman–Crippen MR) is 67.9 cm³/mol. The highest BCUT2D eigenvalue weighted by Crippen LogP contribution is 2.19. The molecule has 3 N–H and O–H groups in total. The van der Waals surface area contributed by atoms with Crippen LogP contribution in [0.4, 0.5) is 5.69 Å². The third kappa shape index (κ3) is 3.49. The molecule has 7 nitrogen and oxygen atoms in total. The molecule has 0 aliphatic carbocycles. The van der Waals surface area contributed by atoms with Gasteiger partial charge in [-0.2, -0.15) is 0 Å². The smallest absolute Gasteiger partial charge is 0.272 e. The number of hydrogen-bond acceptors (Lipinski definition) is 5. The first kappa shape index (κ1) is 15.1. The molecule has 0 saturated carbocycles. The van der Waals surface area contributed by atoms with E-state index in [9.17, 15) is 14.9 Å². The van der Waals surface area contributed by atoms with Crippen LogP contribution in [0.1, 0.15) is 22.8 Å². The Morgan fingerprint density at radius 1 is 1.42 bits per heavy atom. The number of rotatable bonds is 5. The summed E-state index contributed by atoms with van der Waals surface area (Å²) in [7, 11) is 0. The maximum Gasteiger partial charge on any atom is 0.272 e. The van der Waals surface area contributed by atoms with Crippen LogP contribution in [0.2, 0.25) is 0 Å². The van der Waals surface area contributed by atoms with Crippen LogP contribution in [-0.4, -0.2) is 39.8 Å². The summed E-state index contributed by atoms with van der Waals surface area (Å²) in [5.41, 5.74) is -0.598. The summed E-state index contributed by atoms with van der Waals surface area (Å²) in [6.07, 6.45) is 0. The third-order valence-corrected chi connectivity index (χ3v) is 2.77. The zero-order chi connectivity index (χ0) is 14.6. The highest BCUT2D eigenvalue weighted by atomic mass is 16.6. The Morgan fingerprint density at radius 2 is 2.00 bits per heavy atom. The number of hydrogen-bond donors (Lipinski definition) is 3. The van der Waals surface area contributed by atoms with Gasteiger partial charge in [0.05, 0.1) is 23.7 Å². The minimum absolute atomic E-state index is 0.0661. The van der Waals surface area contributed by atoms with E-state index in [4.69, 9.17) is 10.2 Å². The van der Waals surface area contributed by atoms with Crippen molar-refractivity contribution >= 4 is 11.6 Å². The number of aliphatic hydroxyl groups excluding tert-OH is 2. The number of benzene rings is 1. The Balaban J connectivity index is 2.96. The lowest BCUT2D eigenvalue weighted by Gasteiger charge is -2.26. The minimum Gasteiger partial charge on any atom is -0.394 e. The molecule has 0 heterocycles. The second kappa shape index (κ2) is 5.77. The zero-order valence-electron chi connectivity index (χ0n) is 10.7. The second-order valence-electron chi connectivity index (χ2n) is 4.59. The maximum absolute atomic E-state index is 11.9. The van der Waals surface area contributed by atoms with E-state index in [1.165, 1.54) is 32.0 Å². The number of nitrogens with zero attached hydrogens (tertiary/aromatic N) is 1. The highest BCUT2D eigenvalue weighted by molar-refractivity contribution is 5.95. The van der Waals surface area contributed by atoms with Gasteiger partial charge in [0.15, 0.2) is 0 Å². The van der Waals surface area contributed by atoms with Crippen molar-refractivity contribution in [1.82, 2.24) is 5.32 Å². The van der Waals surface area contributed by atoms with Gasteiger partial charge >= 0.3 is 0 Å². The summed E-state index contributed by atoms with van der Waals surface area (Å²) in [6.45, 7) is 2.19. The van der Waals surface area contributed by atoms with Crippen molar-refractivity contribution in [3.05, 3.63) is 39.4 Å². The largest absolute Gasteiger partial charge is 0.394 e. The Bertz CT molecular complexity index is 497. The summed E-state index contributed by atoms with van der Waals surface area (Å²) in [5, 5.41) is 31.3. The third-order valence-electron chi connectivity index (χ3n) is 2.77. The van der Waals surface area contributed by atoms with Crippen LogP contribution in [0.15, 0.2) is 18.2 Å². The van der Waals surface area contributed by atoms with E-state index in [1.807, 2.05) is 0 Å². The molecule has 1 aromatic rings. The summed E-state index contributed by atoms with van der Waals surface area (Å²) in [4.78, 5) is 22.0. The van der Waals surface area contributed by atoms with Gasteiger partial charge in [-0.1, -0.05) is 0 Å². The van der Waals surface area contributed by atoms with Crippen LogP contribution in [0.25, 0.3) is 0 Å². The summed E-state index contributed by atoms with van der Waals surface area (Å²) >= 11 is 0. The van der Waals surface area contributed by atoms with E-state index in [-0.39, 0.29) is 11.3 Å². The number of amides is 1. The van der Waals surface area contributed by atoms with Gasteiger partial charge in [0, 0.05) is 17.2 Å². The molecule has 0 aliphatic heterocycles. The first-order valence-electron chi connectivity index (χ1n) is 5.62. The van der Waals surface area contributed by atoms with Crippen LogP contribution in [0.5, 0.6) is 0 Å². The SMILES string of the molecule is Cc1cc(C(=O)NC(C)(CO)CO)ccc1[N+](=O)[O-]. The minimum atomic E-state index is -1.13. The Morgan fingerprint density at radius 3 is 2.42 bits per heavy atom. The summed E-state index contributed by atoms with van der Waals surface area (Å²) in [6, 6.07) is 3.97. The van der Waals surface area contributed by atoms with Crippen molar-refractivity contribution in [3.63, 3.8) is 0 Å². The molecule has 1 rings (SSSR count). The fourth-order valence-corrected chi connectivity index (χ4v) is 1.48. The molecule has 0 spiro atoms. The van der Waals surface area contributed by atoms with Crippen molar-refractivity contribution in [2.24, 2.45) is 0 Å².